The fourth-order valence-corrected chi connectivity index (χ4v) is 5.82. The van der Waals surface area contributed by atoms with Crippen molar-refractivity contribution in [2.45, 2.75) is 49.4 Å². The van der Waals surface area contributed by atoms with Gasteiger partial charge in [0.05, 0.1) is 12.5 Å². The summed E-state index contributed by atoms with van der Waals surface area (Å²) in [5.41, 5.74) is 0.654. The van der Waals surface area contributed by atoms with Crippen molar-refractivity contribution in [3.8, 4) is 5.75 Å². The predicted octanol–water partition coefficient (Wildman–Crippen LogP) is 4.43. The third-order valence-electron chi connectivity index (χ3n) is 6.62. The number of hydrogen-bond donors (Lipinski definition) is 1. The molecule has 0 radical (unpaired) electrons. The van der Waals surface area contributed by atoms with Gasteiger partial charge in [0.25, 0.3) is 0 Å². The lowest BCUT2D eigenvalue weighted by Crippen LogP contribution is -2.51. The second kappa shape index (κ2) is 8.26. The highest BCUT2D eigenvalue weighted by Gasteiger charge is 2.43. The molecule has 4 rings (SSSR count). The summed E-state index contributed by atoms with van der Waals surface area (Å²) in [7, 11) is 1.66. The first-order valence-electron chi connectivity index (χ1n) is 10.2. The molecule has 2 aliphatic rings. The van der Waals surface area contributed by atoms with Crippen LogP contribution in [0.1, 0.15) is 49.0 Å². The molecule has 1 N–H and O–H groups in total. The summed E-state index contributed by atoms with van der Waals surface area (Å²) in [4.78, 5) is 15.0. The molecule has 1 aliphatic heterocycles. The number of hydrogen-bond acceptors (Lipinski definition) is 4. The number of carbonyl (C=O) groups excluding carboxylic acids is 1. The minimum atomic E-state index is -0.514. The smallest absolute Gasteiger partial charge is 0.230 e. The average Bonchev–Trinajstić information content (AvgIpc) is 3.45. The number of benzene rings is 1. The molecule has 0 atom stereocenters. The maximum Gasteiger partial charge on any atom is 0.230 e. The molecule has 0 spiro atoms. The van der Waals surface area contributed by atoms with Gasteiger partial charge in [-0.1, -0.05) is 31.0 Å². The van der Waals surface area contributed by atoms with E-state index in [4.69, 9.17) is 9.47 Å². The van der Waals surface area contributed by atoms with Crippen molar-refractivity contribution in [3.63, 3.8) is 0 Å². The topological polar surface area (TPSA) is 47.6 Å². The van der Waals surface area contributed by atoms with Crippen molar-refractivity contribution in [1.29, 1.82) is 0 Å². The Balaban J connectivity index is 1.56. The number of carbonyl (C=O) groups is 1. The molecule has 0 bridgehead atoms. The summed E-state index contributed by atoms with van der Waals surface area (Å²) in [6.07, 6.45) is 6.24. The molecule has 2 heterocycles. The van der Waals surface area contributed by atoms with Crippen molar-refractivity contribution in [2.75, 3.05) is 26.9 Å². The van der Waals surface area contributed by atoms with Crippen LogP contribution in [-0.4, -0.2) is 32.8 Å². The third-order valence-corrected chi connectivity index (χ3v) is 7.73. The van der Waals surface area contributed by atoms with Crippen LogP contribution in [0, 0.1) is 0 Å². The first-order chi connectivity index (χ1) is 13.7. The summed E-state index contributed by atoms with van der Waals surface area (Å²) >= 11 is 1.82. The lowest BCUT2D eigenvalue weighted by molar-refractivity contribution is -0.130. The summed E-state index contributed by atoms with van der Waals surface area (Å²) in [5, 5.41) is 5.52. The second-order valence-corrected chi connectivity index (χ2v) is 9.02. The van der Waals surface area contributed by atoms with Gasteiger partial charge in [0.1, 0.15) is 5.75 Å². The van der Waals surface area contributed by atoms with Crippen LogP contribution in [0.15, 0.2) is 41.8 Å². The average molecular weight is 400 g/mol. The first kappa shape index (κ1) is 19.5. The molecule has 0 unspecified atom stereocenters. The van der Waals surface area contributed by atoms with Gasteiger partial charge >= 0.3 is 0 Å². The van der Waals surface area contributed by atoms with Gasteiger partial charge in [0.2, 0.25) is 5.91 Å². The van der Waals surface area contributed by atoms with Crippen LogP contribution in [0.5, 0.6) is 5.75 Å². The Kier molecular flexibility index (Phi) is 5.74. The van der Waals surface area contributed by atoms with Gasteiger partial charge in [-0.2, -0.15) is 0 Å². The standard InChI is InChI=1S/C23H29NO3S/c1-26-19-8-6-18(7-9-19)23(12-14-27-15-13-23)21(25)24-17-22(10-2-3-11-22)20-5-4-16-28-20/h4-9,16H,2-3,10-15,17H2,1H3,(H,24,25). The van der Waals surface area contributed by atoms with Crippen molar-refractivity contribution >= 4 is 17.2 Å². The Labute approximate surface area is 171 Å². The minimum absolute atomic E-state index is 0.107. The number of rotatable bonds is 6. The number of amides is 1. The lowest BCUT2D eigenvalue weighted by Gasteiger charge is -2.38. The minimum Gasteiger partial charge on any atom is -0.497 e. The summed E-state index contributed by atoms with van der Waals surface area (Å²) < 4.78 is 10.9. The van der Waals surface area contributed by atoms with E-state index in [0.717, 1.165) is 43.5 Å². The molecular weight excluding hydrogens is 370 g/mol. The molecule has 1 amide bonds. The lowest BCUT2D eigenvalue weighted by atomic mass is 9.73. The van der Waals surface area contributed by atoms with Gasteiger partial charge in [0.15, 0.2) is 0 Å². The SMILES string of the molecule is COc1ccc(C2(C(=O)NCC3(c4cccs4)CCCC3)CCOCC2)cc1. The number of thiophene rings is 1. The van der Waals surface area contributed by atoms with Crippen LogP contribution in [0.3, 0.4) is 0 Å². The summed E-state index contributed by atoms with van der Waals surface area (Å²) in [6, 6.07) is 12.3. The Morgan fingerprint density at radius 3 is 2.43 bits per heavy atom. The van der Waals surface area contributed by atoms with E-state index in [0.29, 0.717) is 13.2 Å². The highest BCUT2D eigenvalue weighted by atomic mass is 32.1. The molecule has 5 heteroatoms. The number of nitrogens with one attached hydrogen (secondary N) is 1. The van der Waals surface area contributed by atoms with Crippen LogP contribution in [-0.2, 0) is 20.4 Å². The van der Waals surface area contributed by atoms with E-state index in [9.17, 15) is 4.79 Å². The van der Waals surface area contributed by atoms with Gasteiger partial charge in [-0.3, -0.25) is 4.79 Å². The molecule has 1 aromatic carbocycles. The van der Waals surface area contributed by atoms with E-state index in [-0.39, 0.29) is 11.3 Å². The van der Waals surface area contributed by atoms with Crippen LogP contribution in [0.25, 0.3) is 0 Å². The molecule has 150 valence electrons. The van der Waals surface area contributed by atoms with Gasteiger partial charge < -0.3 is 14.8 Å². The molecule has 28 heavy (non-hydrogen) atoms. The Morgan fingerprint density at radius 2 is 1.82 bits per heavy atom. The highest BCUT2D eigenvalue weighted by Crippen LogP contribution is 2.43. The Bertz CT molecular complexity index is 773. The van der Waals surface area contributed by atoms with Crippen LogP contribution in [0.4, 0.5) is 0 Å². The fourth-order valence-electron chi connectivity index (χ4n) is 4.84. The van der Waals surface area contributed by atoms with E-state index in [1.807, 2.05) is 35.6 Å². The zero-order valence-corrected chi connectivity index (χ0v) is 17.4. The van der Waals surface area contributed by atoms with E-state index in [1.54, 1.807) is 7.11 Å². The molecule has 2 aromatic rings. The maximum atomic E-state index is 13.5. The van der Waals surface area contributed by atoms with Crippen molar-refractivity contribution in [3.05, 3.63) is 52.2 Å². The molecule has 2 fully saturated rings. The van der Waals surface area contributed by atoms with Crippen molar-refractivity contribution in [2.24, 2.45) is 0 Å². The van der Waals surface area contributed by atoms with E-state index in [1.165, 1.54) is 17.7 Å². The number of ether oxygens (including phenoxy) is 2. The zero-order chi connectivity index (χ0) is 19.5. The molecule has 4 nitrogen and oxygen atoms in total. The summed E-state index contributed by atoms with van der Waals surface area (Å²) in [6.45, 7) is 1.97. The van der Waals surface area contributed by atoms with Crippen LogP contribution < -0.4 is 10.1 Å². The van der Waals surface area contributed by atoms with Gasteiger partial charge in [-0.25, -0.2) is 0 Å². The largest absolute Gasteiger partial charge is 0.497 e. The van der Waals surface area contributed by atoms with E-state index < -0.39 is 5.41 Å². The first-order valence-corrected chi connectivity index (χ1v) is 11.1. The molecular formula is C23H29NO3S. The van der Waals surface area contributed by atoms with E-state index in [2.05, 4.69) is 22.8 Å². The third kappa shape index (κ3) is 3.58. The monoisotopic (exact) mass is 399 g/mol. The molecule has 1 aromatic heterocycles. The Morgan fingerprint density at radius 1 is 1.11 bits per heavy atom. The maximum absolute atomic E-state index is 13.5. The molecule has 1 saturated carbocycles. The predicted molar refractivity (Wildman–Crippen MR) is 112 cm³/mol. The zero-order valence-electron chi connectivity index (χ0n) is 16.5. The second-order valence-electron chi connectivity index (χ2n) is 8.07. The summed E-state index contributed by atoms with van der Waals surface area (Å²) in [5.74, 6) is 0.956. The van der Waals surface area contributed by atoms with Gasteiger partial charge in [-0.05, 0) is 54.8 Å². The fraction of sp³-hybridized carbons (Fsp3) is 0.522. The highest BCUT2D eigenvalue weighted by molar-refractivity contribution is 7.10. The van der Waals surface area contributed by atoms with Crippen molar-refractivity contribution in [1.82, 2.24) is 5.32 Å². The molecule has 1 saturated heterocycles. The van der Waals surface area contributed by atoms with E-state index >= 15 is 0 Å². The van der Waals surface area contributed by atoms with Crippen LogP contribution >= 0.6 is 11.3 Å². The van der Waals surface area contributed by atoms with Gasteiger partial charge in [0, 0.05) is 30.1 Å². The number of methoxy groups -OCH3 is 1. The van der Waals surface area contributed by atoms with Crippen LogP contribution in [0.2, 0.25) is 0 Å². The van der Waals surface area contributed by atoms with Crippen molar-refractivity contribution < 1.29 is 14.3 Å². The molecule has 1 aliphatic carbocycles. The quantitative estimate of drug-likeness (QED) is 0.781. The Hall–Kier alpha value is -1.85. The van der Waals surface area contributed by atoms with Gasteiger partial charge in [-0.15, -0.1) is 11.3 Å². The normalized spacial score (nSPS) is 20.6.